The van der Waals surface area contributed by atoms with Gasteiger partial charge in [0.1, 0.15) is 0 Å². The van der Waals surface area contributed by atoms with Gasteiger partial charge in [0, 0.05) is 44.2 Å². The predicted molar refractivity (Wildman–Crippen MR) is 114 cm³/mol. The summed E-state index contributed by atoms with van der Waals surface area (Å²) in [6, 6.07) is 12.2. The highest BCUT2D eigenvalue weighted by atomic mass is 32.1. The topological polar surface area (TPSA) is 52.7 Å². The Hall–Kier alpha value is -2.34. The predicted octanol–water partition coefficient (Wildman–Crippen LogP) is 3.96. The number of carbonyl (C=O) groups excluding carboxylic acids is 2. The first-order chi connectivity index (χ1) is 13.5. The minimum absolute atomic E-state index is 0.0206. The Morgan fingerprint density at radius 3 is 2.46 bits per heavy atom. The molecule has 2 amide bonds. The number of anilines is 1. The van der Waals surface area contributed by atoms with E-state index in [1.54, 1.807) is 16.2 Å². The lowest BCUT2D eigenvalue weighted by molar-refractivity contribution is -0.131. The van der Waals surface area contributed by atoms with Gasteiger partial charge in [-0.05, 0) is 48.4 Å². The molecule has 150 valence electrons. The quantitative estimate of drug-likeness (QED) is 0.767. The summed E-state index contributed by atoms with van der Waals surface area (Å²) in [5.74, 6) is -0.102. The minimum Gasteiger partial charge on any atom is -0.372 e. The van der Waals surface area contributed by atoms with Crippen molar-refractivity contribution in [2.24, 2.45) is 0 Å². The second-order valence-electron chi connectivity index (χ2n) is 7.44. The zero-order valence-corrected chi connectivity index (χ0v) is 17.5. The molecule has 1 aromatic carbocycles. The number of hydrogen-bond donors (Lipinski definition) is 1. The molecule has 0 radical (unpaired) electrons. The molecule has 1 aliphatic heterocycles. The molecule has 5 nitrogen and oxygen atoms in total. The third kappa shape index (κ3) is 5.58. The smallest absolute Gasteiger partial charge is 0.225 e. The van der Waals surface area contributed by atoms with E-state index < -0.39 is 0 Å². The number of hydrogen-bond acceptors (Lipinski definition) is 4. The van der Waals surface area contributed by atoms with Crippen LogP contribution in [-0.2, 0) is 16.1 Å². The standard InChI is InChI=1S/C22H29N3O2S/c1-17(26)23-20(21-7-6-14-28-21)15-22(27)24(2)16-18-8-10-19(11-9-18)25-12-4-3-5-13-25/h6-11,14,20H,3-5,12-13,15-16H2,1-2H3,(H,23,26)/t20-/m0/s1. The molecule has 1 aliphatic rings. The lowest BCUT2D eigenvalue weighted by Gasteiger charge is -2.29. The van der Waals surface area contributed by atoms with Crippen molar-refractivity contribution < 1.29 is 9.59 Å². The zero-order chi connectivity index (χ0) is 19.9. The minimum atomic E-state index is -0.270. The van der Waals surface area contributed by atoms with Crippen LogP contribution in [0, 0.1) is 0 Å². The molecule has 3 rings (SSSR count). The molecule has 1 fully saturated rings. The number of nitrogens with zero attached hydrogens (tertiary/aromatic N) is 2. The van der Waals surface area contributed by atoms with Gasteiger partial charge >= 0.3 is 0 Å². The highest BCUT2D eigenvalue weighted by molar-refractivity contribution is 7.10. The Balaban J connectivity index is 1.57. The van der Waals surface area contributed by atoms with Gasteiger partial charge in [0.2, 0.25) is 11.8 Å². The SMILES string of the molecule is CC(=O)N[C@@H](CC(=O)N(C)Cc1ccc(N2CCCCC2)cc1)c1cccs1. The van der Waals surface area contributed by atoms with Crippen LogP contribution in [-0.4, -0.2) is 36.9 Å². The Labute approximate surface area is 171 Å². The van der Waals surface area contributed by atoms with Gasteiger partial charge in [-0.15, -0.1) is 11.3 Å². The molecule has 0 spiro atoms. The van der Waals surface area contributed by atoms with Gasteiger partial charge in [0.05, 0.1) is 12.5 Å². The number of rotatable bonds is 7. The molecule has 1 N–H and O–H groups in total. The maximum atomic E-state index is 12.7. The fourth-order valence-corrected chi connectivity index (χ4v) is 4.39. The van der Waals surface area contributed by atoms with Gasteiger partial charge in [-0.1, -0.05) is 18.2 Å². The highest BCUT2D eigenvalue weighted by Crippen LogP contribution is 2.24. The maximum Gasteiger partial charge on any atom is 0.225 e. The van der Waals surface area contributed by atoms with Crippen molar-refractivity contribution >= 4 is 28.8 Å². The van der Waals surface area contributed by atoms with Gasteiger partial charge in [-0.2, -0.15) is 0 Å². The van der Waals surface area contributed by atoms with Gasteiger partial charge in [0.15, 0.2) is 0 Å². The highest BCUT2D eigenvalue weighted by Gasteiger charge is 2.20. The number of piperidine rings is 1. The zero-order valence-electron chi connectivity index (χ0n) is 16.7. The van der Waals surface area contributed by atoms with E-state index in [9.17, 15) is 9.59 Å². The van der Waals surface area contributed by atoms with Crippen LogP contribution in [0.15, 0.2) is 41.8 Å². The van der Waals surface area contributed by atoms with Gasteiger partial charge < -0.3 is 15.1 Å². The van der Waals surface area contributed by atoms with Crippen molar-refractivity contribution in [3.8, 4) is 0 Å². The van der Waals surface area contributed by atoms with E-state index >= 15 is 0 Å². The molecule has 6 heteroatoms. The first-order valence-corrected chi connectivity index (χ1v) is 10.8. The van der Waals surface area contributed by atoms with Gasteiger partial charge in [-0.25, -0.2) is 0 Å². The lowest BCUT2D eigenvalue weighted by atomic mass is 10.1. The van der Waals surface area contributed by atoms with Crippen LogP contribution in [0.4, 0.5) is 5.69 Å². The van der Waals surface area contributed by atoms with Crippen molar-refractivity contribution in [2.45, 2.75) is 45.2 Å². The summed E-state index contributed by atoms with van der Waals surface area (Å²) < 4.78 is 0. The van der Waals surface area contributed by atoms with Gasteiger partial charge in [-0.3, -0.25) is 9.59 Å². The van der Waals surface area contributed by atoms with E-state index in [4.69, 9.17) is 0 Å². The van der Waals surface area contributed by atoms with Crippen LogP contribution < -0.4 is 10.2 Å². The van der Waals surface area contributed by atoms with Crippen molar-refractivity contribution in [2.75, 3.05) is 25.0 Å². The molecular weight excluding hydrogens is 370 g/mol. The lowest BCUT2D eigenvalue weighted by Crippen LogP contribution is -2.33. The third-order valence-electron chi connectivity index (χ3n) is 5.15. The summed E-state index contributed by atoms with van der Waals surface area (Å²) in [6.45, 7) is 4.31. The van der Waals surface area contributed by atoms with Crippen LogP contribution >= 0.6 is 11.3 Å². The molecule has 0 saturated carbocycles. The summed E-state index contributed by atoms with van der Waals surface area (Å²) in [5, 5.41) is 4.85. The summed E-state index contributed by atoms with van der Waals surface area (Å²) in [4.78, 5) is 29.4. The van der Waals surface area contributed by atoms with Crippen molar-refractivity contribution in [1.29, 1.82) is 0 Å². The Bertz CT molecular complexity index is 768. The number of carbonyl (C=O) groups is 2. The molecule has 1 atom stereocenters. The van der Waals surface area contributed by atoms with E-state index in [0.717, 1.165) is 23.5 Å². The summed E-state index contributed by atoms with van der Waals surface area (Å²) in [7, 11) is 1.82. The van der Waals surface area contributed by atoms with Crippen molar-refractivity contribution in [3.05, 3.63) is 52.2 Å². The summed E-state index contributed by atoms with van der Waals surface area (Å²) in [5.41, 5.74) is 2.38. The maximum absolute atomic E-state index is 12.7. The number of thiophene rings is 1. The molecule has 0 aliphatic carbocycles. The van der Waals surface area contributed by atoms with E-state index in [1.165, 1.54) is 31.9 Å². The molecule has 2 aromatic rings. The van der Waals surface area contributed by atoms with Crippen molar-refractivity contribution in [1.82, 2.24) is 10.2 Å². The molecular formula is C22H29N3O2S. The van der Waals surface area contributed by atoms with Crippen molar-refractivity contribution in [3.63, 3.8) is 0 Å². The molecule has 1 aromatic heterocycles. The van der Waals surface area contributed by atoms with Crippen LogP contribution in [0.3, 0.4) is 0 Å². The van der Waals surface area contributed by atoms with Crippen LogP contribution in [0.2, 0.25) is 0 Å². The summed E-state index contributed by atoms with van der Waals surface area (Å²) in [6.07, 6.45) is 4.12. The number of benzene rings is 1. The first kappa shape index (κ1) is 20.4. The summed E-state index contributed by atoms with van der Waals surface area (Å²) >= 11 is 1.56. The number of nitrogens with one attached hydrogen (secondary N) is 1. The van der Waals surface area contributed by atoms with E-state index in [-0.39, 0.29) is 24.3 Å². The molecule has 28 heavy (non-hydrogen) atoms. The molecule has 1 saturated heterocycles. The van der Waals surface area contributed by atoms with E-state index in [1.807, 2.05) is 24.6 Å². The Morgan fingerprint density at radius 2 is 1.86 bits per heavy atom. The number of amides is 2. The second kappa shape index (κ2) is 9.73. The van der Waals surface area contributed by atoms with Crippen LogP contribution in [0.5, 0.6) is 0 Å². The fraction of sp³-hybridized carbons (Fsp3) is 0.455. The van der Waals surface area contributed by atoms with E-state index in [2.05, 4.69) is 34.5 Å². The monoisotopic (exact) mass is 399 g/mol. The second-order valence-corrected chi connectivity index (χ2v) is 8.42. The normalized spacial score (nSPS) is 15.1. The van der Waals surface area contributed by atoms with Crippen LogP contribution in [0.1, 0.15) is 49.1 Å². The van der Waals surface area contributed by atoms with Crippen LogP contribution in [0.25, 0.3) is 0 Å². The third-order valence-corrected chi connectivity index (χ3v) is 6.13. The first-order valence-electron chi connectivity index (χ1n) is 9.91. The van der Waals surface area contributed by atoms with Gasteiger partial charge in [0.25, 0.3) is 0 Å². The Kier molecular flexibility index (Phi) is 7.09. The fourth-order valence-electron chi connectivity index (χ4n) is 3.61. The molecule has 0 bridgehead atoms. The molecule has 2 heterocycles. The molecule has 0 unspecified atom stereocenters. The Morgan fingerprint density at radius 1 is 1.14 bits per heavy atom. The van der Waals surface area contributed by atoms with E-state index in [0.29, 0.717) is 6.54 Å². The average molecular weight is 400 g/mol. The largest absolute Gasteiger partial charge is 0.372 e. The average Bonchev–Trinajstić information content (AvgIpc) is 3.23.